The molecule has 170 valence electrons. The van der Waals surface area contributed by atoms with Gasteiger partial charge in [0.2, 0.25) is 5.91 Å². The minimum atomic E-state index is -3.59. The van der Waals surface area contributed by atoms with Crippen molar-refractivity contribution in [1.82, 2.24) is 9.88 Å². The zero-order chi connectivity index (χ0) is 23.4. The highest BCUT2D eigenvalue weighted by Gasteiger charge is 2.22. The zero-order valence-electron chi connectivity index (χ0n) is 18.6. The Morgan fingerprint density at radius 2 is 1.61 bits per heavy atom. The third-order valence-corrected chi connectivity index (χ3v) is 7.24. The van der Waals surface area contributed by atoms with Gasteiger partial charge in [0.1, 0.15) is 12.3 Å². The van der Waals surface area contributed by atoms with Gasteiger partial charge in [0.05, 0.1) is 17.8 Å². The predicted octanol–water partition coefficient (Wildman–Crippen LogP) is 4.25. The summed E-state index contributed by atoms with van der Waals surface area (Å²) in [4.78, 5) is 12.9. The Bertz CT molecular complexity index is 1370. The summed E-state index contributed by atoms with van der Waals surface area (Å²) in [5, 5.41) is 3.51. The molecule has 1 N–H and O–H groups in total. The van der Waals surface area contributed by atoms with Crippen molar-refractivity contribution in [3.05, 3.63) is 95.7 Å². The molecule has 0 spiro atoms. The number of rotatable bonds is 8. The maximum absolute atomic E-state index is 13.2. The molecule has 1 heterocycles. The van der Waals surface area contributed by atoms with Gasteiger partial charge in [-0.3, -0.25) is 4.79 Å². The largest absolute Gasteiger partial charge is 0.497 e. The highest BCUT2D eigenvalue weighted by molar-refractivity contribution is 7.90. The van der Waals surface area contributed by atoms with E-state index in [1.54, 1.807) is 30.0 Å². The van der Waals surface area contributed by atoms with Gasteiger partial charge in [-0.05, 0) is 36.2 Å². The molecule has 0 unspecified atom stereocenters. The number of amides is 1. The van der Waals surface area contributed by atoms with Crippen LogP contribution in [0.4, 0.5) is 0 Å². The van der Waals surface area contributed by atoms with E-state index in [1.807, 2.05) is 67.6 Å². The second kappa shape index (κ2) is 9.50. The summed E-state index contributed by atoms with van der Waals surface area (Å²) in [6.07, 6.45) is 1.57. The van der Waals surface area contributed by atoms with E-state index in [4.69, 9.17) is 4.74 Å². The van der Waals surface area contributed by atoms with Gasteiger partial charge < -0.3 is 14.6 Å². The molecule has 7 heteroatoms. The number of hydrogen-bond acceptors (Lipinski definition) is 4. The van der Waals surface area contributed by atoms with Crippen molar-refractivity contribution < 1.29 is 17.9 Å². The zero-order valence-corrected chi connectivity index (χ0v) is 19.4. The molecule has 0 radical (unpaired) electrons. The van der Waals surface area contributed by atoms with Crippen LogP contribution in [0.5, 0.6) is 5.75 Å². The number of fused-ring (bicyclic) bond motifs is 1. The molecule has 3 aromatic carbocycles. The highest BCUT2D eigenvalue weighted by Crippen LogP contribution is 2.28. The normalized spacial score (nSPS) is 11.5. The van der Waals surface area contributed by atoms with Crippen LogP contribution in [0, 0.1) is 6.92 Å². The average Bonchev–Trinajstić information content (AvgIpc) is 3.19. The molecule has 0 aliphatic heterocycles. The first-order chi connectivity index (χ1) is 15.9. The van der Waals surface area contributed by atoms with Gasteiger partial charge in [-0.25, -0.2) is 8.42 Å². The maximum atomic E-state index is 13.2. The van der Waals surface area contributed by atoms with Crippen molar-refractivity contribution in [3.8, 4) is 5.75 Å². The van der Waals surface area contributed by atoms with Crippen molar-refractivity contribution >= 4 is 26.6 Å². The van der Waals surface area contributed by atoms with E-state index >= 15 is 0 Å². The van der Waals surface area contributed by atoms with E-state index in [9.17, 15) is 13.2 Å². The molecular formula is C26H26N2O4S. The summed E-state index contributed by atoms with van der Waals surface area (Å²) in [7, 11) is -1.99. The topological polar surface area (TPSA) is 77.4 Å². The van der Waals surface area contributed by atoms with Crippen LogP contribution in [0.3, 0.4) is 0 Å². The molecule has 0 fully saturated rings. The molecule has 0 bridgehead atoms. The molecule has 0 aliphatic rings. The van der Waals surface area contributed by atoms with Crippen LogP contribution >= 0.6 is 0 Å². The van der Waals surface area contributed by atoms with Gasteiger partial charge in [-0.15, -0.1) is 0 Å². The molecular weight excluding hydrogens is 436 g/mol. The Morgan fingerprint density at radius 3 is 2.30 bits per heavy atom. The number of hydrogen-bond donors (Lipinski definition) is 1. The number of sulfone groups is 1. The maximum Gasteiger partial charge on any atom is 0.240 e. The van der Waals surface area contributed by atoms with E-state index < -0.39 is 9.84 Å². The summed E-state index contributed by atoms with van der Waals surface area (Å²) < 4.78 is 33.3. The summed E-state index contributed by atoms with van der Waals surface area (Å²) in [5.74, 6) is 0.461. The second-order valence-corrected chi connectivity index (χ2v) is 9.97. The molecule has 33 heavy (non-hydrogen) atoms. The minimum absolute atomic E-state index is 0.0245. The Hall–Kier alpha value is -3.58. The van der Waals surface area contributed by atoms with Crippen LogP contribution in [0.25, 0.3) is 10.9 Å². The van der Waals surface area contributed by atoms with E-state index in [-0.39, 0.29) is 23.1 Å². The molecule has 4 rings (SSSR count). The van der Waals surface area contributed by atoms with Gasteiger partial charge in [0, 0.05) is 23.6 Å². The predicted molar refractivity (Wildman–Crippen MR) is 129 cm³/mol. The number of ether oxygens (including phenoxy) is 1. The smallest absolute Gasteiger partial charge is 0.240 e. The third kappa shape index (κ3) is 5.26. The lowest BCUT2D eigenvalue weighted by molar-refractivity contribution is -0.121. The lowest BCUT2D eigenvalue weighted by Crippen LogP contribution is -2.26. The molecule has 0 saturated heterocycles. The van der Waals surface area contributed by atoms with Gasteiger partial charge in [-0.2, -0.15) is 0 Å². The molecule has 1 amide bonds. The molecule has 0 atom stereocenters. The number of para-hydroxylation sites is 1. The Kier molecular flexibility index (Phi) is 6.51. The number of aryl methyl sites for hydroxylation is 1. The number of methoxy groups -OCH3 is 1. The average molecular weight is 463 g/mol. The quantitative estimate of drug-likeness (QED) is 0.425. The first kappa shape index (κ1) is 22.6. The van der Waals surface area contributed by atoms with Gasteiger partial charge in [0.15, 0.2) is 9.84 Å². The first-order valence-corrected chi connectivity index (χ1v) is 12.3. The number of nitrogens with zero attached hydrogens (tertiary/aromatic N) is 1. The lowest BCUT2D eigenvalue weighted by atomic mass is 10.2. The van der Waals surface area contributed by atoms with E-state index in [0.717, 1.165) is 22.4 Å². The van der Waals surface area contributed by atoms with Gasteiger partial charge >= 0.3 is 0 Å². The molecule has 4 aromatic rings. The van der Waals surface area contributed by atoms with Crippen LogP contribution in [-0.4, -0.2) is 26.0 Å². The third-order valence-electron chi connectivity index (χ3n) is 5.53. The highest BCUT2D eigenvalue weighted by atomic mass is 32.2. The Morgan fingerprint density at radius 1 is 0.939 bits per heavy atom. The SMILES string of the molecule is COc1ccc(CNC(=O)Cn2cc(S(=O)(=O)Cc3ccc(C)cc3)c3ccccc32)cc1. The standard InChI is InChI=1S/C26H26N2O4S/c1-19-7-9-21(10-8-19)18-33(30,31)25-16-28(24-6-4-3-5-23(24)25)17-26(29)27-15-20-11-13-22(32-2)14-12-20/h3-14,16H,15,17-18H2,1-2H3,(H,27,29). The number of aromatic nitrogens is 1. The fourth-order valence-electron chi connectivity index (χ4n) is 3.73. The van der Waals surface area contributed by atoms with E-state index in [2.05, 4.69) is 5.32 Å². The molecule has 1 aromatic heterocycles. The Balaban J connectivity index is 1.53. The number of carbonyl (C=O) groups excluding carboxylic acids is 1. The van der Waals surface area contributed by atoms with Gasteiger partial charge in [0.25, 0.3) is 0 Å². The number of carbonyl (C=O) groups is 1. The lowest BCUT2D eigenvalue weighted by Gasteiger charge is -2.08. The summed E-state index contributed by atoms with van der Waals surface area (Å²) in [5.41, 5.74) is 3.46. The van der Waals surface area contributed by atoms with Crippen molar-refractivity contribution in [2.24, 2.45) is 0 Å². The van der Waals surface area contributed by atoms with Crippen LogP contribution in [0.15, 0.2) is 83.9 Å². The first-order valence-electron chi connectivity index (χ1n) is 10.6. The van der Waals surface area contributed by atoms with Gasteiger partial charge in [-0.1, -0.05) is 60.2 Å². The van der Waals surface area contributed by atoms with Crippen LogP contribution in [0.1, 0.15) is 16.7 Å². The molecule has 0 aliphatic carbocycles. The van der Waals surface area contributed by atoms with Crippen molar-refractivity contribution in [2.45, 2.75) is 30.7 Å². The van der Waals surface area contributed by atoms with E-state index in [0.29, 0.717) is 17.4 Å². The minimum Gasteiger partial charge on any atom is -0.497 e. The summed E-state index contributed by atoms with van der Waals surface area (Å²) >= 11 is 0. The number of benzene rings is 3. The van der Waals surface area contributed by atoms with Crippen molar-refractivity contribution in [2.75, 3.05) is 7.11 Å². The Labute approximate surface area is 193 Å². The van der Waals surface area contributed by atoms with Crippen LogP contribution in [0.2, 0.25) is 0 Å². The van der Waals surface area contributed by atoms with Crippen molar-refractivity contribution in [3.63, 3.8) is 0 Å². The van der Waals surface area contributed by atoms with E-state index in [1.165, 1.54) is 0 Å². The van der Waals surface area contributed by atoms with Crippen molar-refractivity contribution in [1.29, 1.82) is 0 Å². The number of nitrogens with one attached hydrogen (secondary N) is 1. The molecule has 6 nitrogen and oxygen atoms in total. The molecule has 0 saturated carbocycles. The monoisotopic (exact) mass is 462 g/mol. The summed E-state index contributed by atoms with van der Waals surface area (Å²) in [6, 6.07) is 22.2. The van der Waals surface area contributed by atoms with Crippen LogP contribution in [-0.2, 0) is 33.5 Å². The summed E-state index contributed by atoms with van der Waals surface area (Å²) in [6.45, 7) is 2.36. The fraction of sp³-hybridized carbons (Fsp3) is 0.192. The fourth-order valence-corrected chi connectivity index (χ4v) is 5.31. The van der Waals surface area contributed by atoms with Crippen LogP contribution < -0.4 is 10.1 Å². The second-order valence-electron chi connectivity index (χ2n) is 8.01.